The van der Waals surface area contributed by atoms with Gasteiger partial charge in [0.05, 0.1) is 0 Å². The molecule has 0 atom stereocenters. The average molecular weight is 262 g/mol. The molecule has 1 heterocycles. The number of nitrogen functional groups attached to an aromatic ring is 1. The largest absolute Gasteiger partial charge is 0.368 e. The van der Waals surface area contributed by atoms with Crippen molar-refractivity contribution >= 4 is 5.95 Å². The lowest BCUT2D eigenvalue weighted by atomic mass is 10.1. The molecular weight excluding hydrogens is 236 g/mol. The minimum absolute atomic E-state index is 0.338. The van der Waals surface area contributed by atoms with E-state index in [0.29, 0.717) is 5.95 Å². The maximum Gasteiger partial charge on any atom is 0.220 e. The number of nitrogens with two attached hydrogens (primary N) is 1. The van der Waals surface area contributed by atoms with Gasteiger partial charge in [-0.25, -0.2) is 9.97 Å². The topological polar surface area (TPSA) is 63.8 Å². The highest BCUT2D eigenvalue weighted by Crippen LogP contribution is 2.09. The fourth-order valence-corrected chi connectivity index (χ4v) is 1.50. The summed E-state index contributed by atoms with van der Waals surface area (Å²) in [6.45, 7) is 6.92. The van der Waals surface area contributed by atoms with E-state index in [1.165, 1.54) is 18.4 Å². The van der Waals surface area contributed by atoms with E-state index in [0.717, 1.165) is 12.2 Å². The fourth-order valence-electron chi connectivity index (χ4n) is 1.50. The third-order valence-electron chi connectivity index (χ3n) is 2.32. The maximum absolute atomic E-state index is 5.24. The van der Waals surface area contributed by atoms with Gasteiger partial charge >= 0.3 is 0 Å². The van der Waals surface area contributed by atoms with Gasteiger partial charge in [0.2, 0.25) is 5.95 Å². The van der Waals surface area contributed by atoms with E-state index < -0.39 is 0 Å². The van der Waals surface area contributed by atoms with Gasteiger partial charge in [-0.15, -0.1) is 0 Å². The van der Waals surface area contributed by atoms with Gasteiger partial charge in [-0.05, 0) is 32.9 Å². The average Bonchev–Trinajstić information content (AvgIpc) is 2.43. The molecular formula is C15H26N4. The van der Waals surface area contributed by atoms with E-state index >= 15 is 0 Å². The van der Waals surface area contributed by atoms with Gasteiger partial charge in [-0.1, -0.05) is 37.6 Å². The van der Waals surface area contributed by atoms with Crippen LogP contribution in [0.3, 0.4) is 0 Å². The Labute approximate surface area is 116 Å². The minimum Gasteiger partial charge on any atom is -0.368 e. The molecule has 1 aromatic heterocycles. The number of aromatic nitrogens is 2. The summed E-state index contributed by atoms with van der Waals surface area (Å²) in [4.78, 5) is 7.55. The zero-order chi connectivity index (χ0) is 14.5. The lowest BCUT2D eigenvalue weighted by molar-refractivity contribution is 0.815. The van der Waals surface area contributed by atoms with Gasteiger partial charge in [-0.2, -0.15) is 0 Å². The molecule has 0 aromatic carbocycles. The highest BCUT2D eigenvalue weighted by atomic mass is 15.0. The minimum atomic E-state index is 0.338. The number of aryl methyl sites for hydroxylation is 1. The normalized spacial score (nSPS) is 12.5. The first-order chi connectivity index (χ1) is 9.22. The van der Waals surface area contributed by atoms with Crippen molar-refractivity contribution in [2.24, 2.45) is 0 Å². The number of hydrogen-bond donors (Lipinski definition) is 2. The summed E-state index contributed by atoms with van der Waals surface area (Å²) in [6, 6.07) is 1.80. The van der Waals surface area contributed by atoms with Gasteiger partial charge in [0.25, 0.3) is 0 Å². The smallest absolute Gasteiger partial charge is 0.220 e. The van der Waals surface area contributed by atoms with Crippen molar-refractivity contribution in [1.82, 2.24) is 15.3 Å². The van der Waals surface area contributed by atoms with Crippen molar-refractivity contribution in [2.75, 3.05) is 19.3 Å². The molecule has 4 heteroatoms. The number of anilines is 1. The molecule has 0 unspecified atom stereocenters. The molecule has 1 aromatic rings. The van der Waals surface area contributed by atoms with E-state index in [9.17, 15) is 0 Å². The molecule has 0 spiro atoms. The molecule has 0 bridgehead atoms. The van der Waals surface area contributed by atoms with Crippen molar-refractivity contribution in [3.8, 4) is 0 Å². The Hall–Kier alpha value is -1.68. The maximum atomic E-state index is 5.24. The second-order valence-corrected chi connectivity index (χ2v) is 3.88. The van der Waals surface area contributed by atoms with Gasteiger partial charge in [-0.3, -0.25) is 0 Å². The summed E-state index contributed by atoms with van der Waals surface area (Å²) in [5.41, 5.74) is 7.65. The summed E-state index contributed by atoms with van der Waals surface area (Å²) in [5, 5.41) is 3.14. The number of nitrogens with zero attached hydrogens (tertiary/aromatic N) is 2. The summed E-state index contributed by atoms with van der Waals surface area (Å²) in [6.07, 6.45) is 10.6. The van der Waals surface area contributed by atoms with Crippen molar-refractivity contribution in [3.63, 3.8) is 0 Å². The Morgan fingerprint density at radius 1 is 1.37 bits per heavy atom. The molecule has 3 N–H and O–H groups in total. The van der Waals surface area contributed by atoms with E-state index in [1.54, 1.807) is 12.3 Å². The number of hydrogen-bond acceptors (Lipinski definition) is 4. The van der Waals surface area contributed by atoms with Crippen molar-refractivity contribution in [1.29, 1.82) is 0 Å². The van der Waals surface area contributed by atoms with Crippen LogP contribution in [0.4, 0.5) is 5.95 Å². The number of allylic oxidation sites excluding steroid dienone is 3. The molecule has 106 valence electrons. The summed E-state index contributed by atoms with van der Waals surface area (Å²) in [5.74, 6) is 0.338. The molecule has 1 aliphatic rings. The van der Waals surface area contributed by atoms with Gasteiger partial charge in [0.1, 0.15) is 0 Å². The van der Waals surface area contributed by atoms with Crippen LogP contribution in [0, 0.1) is 6.92 Å². The second kappa shape index (κ2) is 11.4. The highest BCUT2D eigenvalue weighted by molar-refractivity contribution is 5.18. The van der Waals surface area contributed by atoms with Crippen LogP contribution in [0.25, 0.3) is 0 Å². The van der Waals surface area contributed by atoms with Crippen molar-refractivity contribution in [2.45, 2.75) is 33.6 Å². The predicted octanol–water partition coefficient (Wildman–Crippen LogP) is 2.88. The monoisotopic (exact) mass is 262 g/mol. The Kier molecular flexibility index (Phi) is 10.4. The molecule has 2 rings (SSSR count). The highest BCUT2D eigenvalue weighted by Gasteiger charge is 1.95. The van der Waals surface area contributed by atoms with Crippen LogP contribution >= 0.6 is 0 Å². The molecule has 4 nitrogen and oxygen atoms in total. The second-order valence-electron chi connectivity index (χ2n) is 3.88. The Morgan fingerprint density at radius 2 is 2.11 bits per heavy atom. The fraction of sp³-hybridized carbons (Fsp3) is 0.467. The summed E-state index contributed by atoms with van der Waals surface area (Å²) >= 11 is 0. The quantitative estimate of drug-likeness (QED) is 0.860. The van der Waals surface area contributed by atoms with Crippen molar-refractivity contribution < 1.29 is 0 Å². The zero-order valence-electron chi connectivity index (χ0n) is 12.5. The van der Waals surface area contributed by atoms with Gasteiger partial charge < -0.3 is 11.1 Å². The Bertz CT molecular complexity index is 380. The van der Waals surface area contributed by atoms with Crippen molar-refractivity contribution in [3.05, 3.63) is 41.8 Å². The molecule has 0 amide bonds. The Balaban J connectivity index is 0.000000303. The molecule has 0 aliphatic heterocycles. The van der Waals surface area contributed by atoms with Crippen LogP contribution in [0.2, 0.25) is 0 Å². The van der Waals surface area contributed by atoms with E-state index in [4.69, 9.17) is 5.73 Å². The van der Waals surface area contributed by atoms with Crippen LogP contribution in [0.5, 0.6) is 0 Å². The Morgan fingerprint density at radius 3 is 2.53 bits per heavy atom. The van der Waals surface area contributed by atoms with Crippen LogP contribution in [-0.2, 0) is 0 Å². The molecule has 0 saturated heterocycles. The van der Waals surface area contributed by atoms with E-state index in [1.807, 2.05) is 27.8 Å². The number of likely N-dealkylation sites (N-methyl/N-ethyl adjacent to an activating group) is 1. The zero-order valence-corrected chi connectivity index (χ0v) is 12.5. The van der Waals surface area contributed by atoms with Crippen LogP contribution in [0.15, 0.2) is 36.1 Å². The van der Waals surface area contributed by atoms with Gasteiger partial charge in [0, 0.05) is 18.4 Å². The number of rotatable bonds is 2. The summed E-state index contributed by atoms with van der Waals surface area (Å²) in [7, 11) is 1.99. The molecule has 1 aliphatic carbocycles. The molecule has 19 heavy (non-hydrogen) atoms. The lowest BCUT2D eigenvalue weighted by Gasteiger charge is -2.06. The first-order valence-electron chi connectivity index (χ1n) is 6.76. The summed E-state index contributed by atoms with van der Waals surface area (Å²) < 4.78 is 0. The van der Waals surface area contributed by atoms with Crippen LogP contribution in [-0.4, -0.2) is 23.6 Å². The predicted molar refractivity (Wildman–Crippen MR) is 82.9 cm³/mol. The van der Waals surface area contributed by atoms with E-state index in [-0.39, 0.29) is 0 Å². The molecule has 0 fully saturated rings. The third-order valence-corrected chi connectivity index (χ3v) is 2.32. The van der Waals surface area contributed by atoms with E-state index in [2.05, 4.69) is 33.5 Å². The third kappa shape index (κ3) is 8.97. The van der Waals surface area contributed by atoms with Crippen LogP contribution < -0.4 is 11.1 Å². The number of nitrogens with one attached hydrogen (secondary N) is 1. The standard InChI is InChI=1S/C8H13N.C5H7N3.C2H6/c1-9-7-8-5-3-2-4-6-8;1-4-2-3-7-5(6)8-4;1-2/h2-3,5,9H,4,6-7H2,1H3;2-3H,1H3,(H2,6,7,8);1-2H3. The van der Waals surface area contributed by atoms with Gasteiger partial charge in [0.15, 0.2) is 0 Å². The molecule has 0 radical (unpaired) electrons. The SMILES string of the molecule is CC.CNCC1=CC=CCC1.Cc1ccnc(N)n1. The first-order valence-corrected chi connectivity index (χ1v) is 6.76. The lowest BCUT2D eigenvalue weighted by Crippen LogP contribution is -2.10. The first kappa shape index (κ1) is 17.3. The van der Waals surface area contributed by atoms with Crippen LogP contribution in [0.1, 0.15) is 32.4 Å². The molecule has 0 saturated carbocycles.